The van der Waals surface area contributed by atoms with Crippen LogP contribution in [0.2, 0.25) is 0 Å². The summed E-state index contributed by atoms with van der Waals surface area (Å²) in [6, 6.07) is 0.454. The predicted octanol–water partition coefficient (Wildman–Crippen LogP) is 0.395. The first-order chi connectivity index (χ1) is 7.50. The standard InChI is InChI=1S/C12H25N3O/c1-10(2)7-12(16)15(4)9-11-8-13-5-6-14(11)3/h10-11,13H,5-9H2,1-4H3. The molecule has 0 saturated carbocycles. The second-order valence-corrected chi connectivity index (χ2v) is 5.21. The van der Waals surface area contributed by atoms with E-state index in [1.807, 2.05) is 11.9 Å². The van der Waals surface area contributed by atoms with Gasteiger partial charge in [0.05, 0.1) is 0 Å². The van der Waals surface area contributed by atoms with Gasteiger partial charge in [0.25, 0.3) is 0 Å². The predicted molar refractivity (Wildman–Crippen MR) is 66.4 cm³/mol. The van der Waals surface area contributed by atoms with E-state index in [1.54, 1.807) is 0 Å². The molecule has 0 radical (unpaired) electrons. The van der Waals surface area contributed by atoms with Gasteiger partial charge >= 0.3 is 0 Å². The van der Waals surface area contributed by atoms with Gasteiger partial charge in [-0.15, -0.1) is 0 Å². The Hall–Kier alpha value is -0.610. The minimum atomic E-state index is 0.258. The highest BCUT2D eigenvalue weighted by Crippen LogP contribution is 2.06. The molecule has 1 fully saturated rings. The molecule has 1 atom stereocenters. The number of rotatable bonds is 4. The van der Waals surface area contributed by atoms with Crippen LogP contribution < -0.4 is 5.32 Å². The summed E-state index contributed by atoms with van der Waals surface area (Å²) in [4.78, 5) is 16.0. The third kappa shape index (κ3) is 4.10. The van der Waals surface area contributed by atoms with Crippen LogP contribution in [0.25, 0.3) is 0 Å². The lowest BCUT2D eigenvalue weighted by Gasteiger charge is -2.35. The first-order valence-electron chi connectivity index (χ1n) is 6.15. The smallest absolute Gasteiger partial charge is 0.222 e. The maximum Gasteiger partial charge on any atom is 0.222 e. The molecule has 0 bridgehead atoms. The molecule has 16 heavy (non-hydrogen) atoms. The van der Waals surface area contributed by atoms with E-state index >= 15 is 0 Å². The minimum absolute atomic E-state index is 0.258. The monoisotopic (exact) mass is 227 g/mol. The van der Waals surface area contributed by atoms with Crippen molar-refractivity contribution in [2.45, 2.75) is 26.3 Å². The van der Waals surface area contributed by atoms with Crippen molar-refractivity contribution in [1.82, 2.24) is 15.1 Å². The molecule has 94 valence electrons. The van der Waals surface area contributed by atoms with Gasteiger partial charge in [-0.3, -0.25) is 9.69 Å². The quantitative estimate of drug-likeness (QED) is 0.755. The van der Waals surface area contributed by atoms with Crippen molar-refractivity contribution in [2.75, 3.05) is 40.3 Å². The van der Waals surface area contributed by atoms with Gasteiger partial charge < -0.3 is 10.2 Å². The number of carbonyl (C=O) groups excluding carboxylic acids is 1. The zero-order chi connectivity index (χ0) is 12.1. The molecule has 0 aromatic heterocycles. The third-order valence-electron chi connectivity index (χ3n) is 3.14. The van der Waals surface area contributed by atoms with E-state index in [0.717, 1.165) is 26.2 Å². The Morgan fingerprint density at radius 1 is 1.56 bits per heavy atom. The number of hydrogen-bond donors (Lipinski definition) is 1. The Balaban J connectivity index is 2.37. The normalized spacial score (nSPS) is 22.4. The van der Waals surface area contributed by atoms with Crippen molar-refractivity contribution >= 4 is 5.91 Å². The molecule has 1 aliphatic heterocycles. The van der Waals surface area contributed by atoms with Crippen LogP contribution >= 0.6 is 0 Å². The van der Waals surface area contributed by atoms with Gasteiger partial charge in [0.2, 0.25) is 5.91 Å². The minimum Gasteiger partial charge on any atom is -0.344 e. The summed E-state index contributed by atoms with van der Waals surface area (Å²) >= 11 is 0. The van der Waals surface area contributed by atoms with Crippen molar-refractivity contribution in [3.05, 3.63) is 0 Å². The Labute approximate surface area is 99.0 Å². The summed E-state index contributed by atoms with van der Waals surface area (Å²) in [5.74, 6) is 0.700. The van der Waals surface area contributed by atoms with Gasteiger partial charge in [0.15, 0.2) is 0 Å². The van der Waals surface area contributed by atoms with E-state index in [9.17, 15) is 4.79 Å². The Bertz CT molecular complexity index is 230. The van der Waals surface area contributed by atoms with Crippen LogP contribution in [-0.2, 0) is 4.79 Å². The van der Waals surface area contributed by atoms with Gasteiger partial charge in [-0.2, -0.15) is 0 Å². The second kappa shape index (κ2) is 6.21. The average molecular weight is 227 g/mol. The van der Waals surface area contributed by atoms with E-state index in [4.69, 9.17) is 0 Å². The number of carbonyl (C=O) groups is 1. The van der Waals surface area contributed by atoms with Crippen LogP contribution in [0.3, 0.4) is 0 Å². The maximum absolute atomic E-state index is 11.8. The van der Waals surface area contributed by atoms with Crippen LogP contribution in [0.5, 0.6) is 0 Å². The van der Waals surface area contributed by atoms with E-state index < -0.39 is 0 Å². The summed E-state index contributed by atoms with van der Waals surface area (Å²) in [6.45, 7) is 8.10. The van der Waals surface area contributed by atoms with E-state index in [1.165, 1.54) is 0 Å². The van der Waals surface area contributed by atoms with Crippen LogP contribution in [0.4, 0.5) is 0 Å². The molecule has 1 aliphatic rings. The maximum atomic E-state index is 11.8. The lowest BCUT2D eigenvalue weighted by atomic mass is 10.1. The molecule has 4 nitrogen and oxygen atoms in total. The van der Waals surface area contributed by atoms with E-state index in [0.29, 0.717) is 18.4 Å². The van der Waals surface area contributed by atoms with Crippen molar-refractivity contribution in [1.29, 1.82) is 0 Å². The Morgan fingerprint density at radius 2 is 2.25 bits per heavy atom. The van der Waals surface area contributed by atoms with Crippen molar-refractivity contribution in [2.24, 2.45) is 5.92 Å². The fraction of sp³-hybridized carbons (Fsp3) is 0.917. The van der Waals surface area contributed by atoms with Crippen LogP contribution in [-0.4, -0.2) is 62.0 Å². The molecular weight excluding hydrogens is 202 g/mol. The fourth-order valence-corrected chi connectivity index (χ4v) is 1.99. The summed E-state index contributed by atoms with van der Waals surface area (Å²) in [5, 5.41) is 3.37. The topological polar surface area (TPSA) is 35.6 Å². The molecule has 1 N–H and O–H groups in total. The number of hydrogen-bond acceptors (Lipinski definition) is 3. The van der Waals surface area contributed by atoms with Gasteiger partial charge in [0, 0.05) is 45.7 Å². The van der Waals surface area contributed by atoms with Crippen molar-refractivity contribution in [3.63, 3.8) is 0 Å². The molecule has 1 saturated heterocycles. The summed E-state index contributed by atoms with van der Waals surface area (Å²) < 4.78 is 0. The fourth-order valence-electron chi connectivity index (χ4n) is 1.99. The number of amides is 1. The number of nitrogens with one attached hydrogen (secondary N) is 1. The van der Waals surface area contributed by atoms with Crippen LogP contribution in [0, 0.1) is 5.92 Å². The first kappa shape index (κ1) is 13.5. The molecule has 1 unspecified atom stereocenters. The van der Waals surface area contributed by atoms with Gasteiger partial charge in [-0.1, -0.05) is 13.8 Å². The molecule has 4 heteroatoms. The number of piperazine rings is 1. The lowest BCUT2D eigenvalue weighted by Crippen LogP contribution is -2.54. The molecule has 0 aliphatic carbocycles. The highest BCUT2D eigenvalue weighted by molar-refractivity contribution is 5.76. The SMILES string of the molecule is CC(C)CC(=O)N(C)CC1CNCCN1C. The summed E-state index contributed by atoms with van der Waals surface area (Å²) in [5.41, 5.74) is 0. The lowest BCUT2D eigenvalue weighted by molar-refractivity contribution is -0.131. The van der Waals surface area contributed by atoms with Gasteiger partial charge in [-0.25, -0.2) is 0 Å². The second-order valence-electron chi connectivity index (χ2n) is 5.21. The molecule has 0 aromatic carbocycles. The van der Waals surface area contributed by atoms with Crippen molar-refractivity contribution in [3.8, 4) is 0 Å². The van der Waals surface area contributed by atoms with Gasteiger partial charge in [0.1, 0.15) is 0 Å². The van der Waals surface area contributed by atoms with E-state index in [-0.39, 0.29) is 5.91 Å². The number of likely N-dealkylation sites (N-methyl/N-ethyl adjacent to an activating group) is 2. The van der Waals surface area contributed by atoms with E-state index in [2.05, 4.69) is 31.1 Å². The largest absolute Gasteiger partial charge is 0.344 e. The molecule has 1 heterocycles. The Morgan fingerprint density at radius 3 is 2.81 bits per heavy atom. The average Bonchev–Trinajstić information content (AvgIpc) is 2.20. The molecule has 1 rings (SSSR count). The molecule has 1 amide bonds. The molecule has 0 spiro atoms. The highest BCUT2D eigenvalue weighted by atomic mass is 16.2. The summed E-state index contributed by atoms with van der Waals surface area (Å²) in [7, 11) is 4.04. The van der Waals surface area contributed by atoms with Gasteiger partial charge in [-0.05, 0) is 13.0 Å². The van der Waals surface area contributed by atoms with Crippen molar-refractivity contribution < 1.29 is 4.79 Å². The first-order valence-corrected chi connectivity index (χ1v) is 6.15. The summed E-state index contributed by atoms with van der Waals surface area (Å²) in [6.07, 6.45) is 0.653. The van der Waals surface area contributed by atoms with Crippen LogP contribution in [0.15, 0.2) is 0 Å². The molecule has 0 aromatic rings. The number of nitrogens with zero attached hydrogens (tertiary/aromatic N) is 2. The highest BCUT2D eigenvalue weighted by Gasteiger charge is 2.22. The van der Waals surface area contributed by atoms with Crippen LogP contribution in [0.1, 0.15) is 20.3 Å². The Kier molecular flexibility index (Phi) is 5.22. The third-order valence-corrected chi connectivity index (χ3v) is 3.14. The molecular formula is C12H25N3O. The zero-order valence-electron chi connectivity index (χ0n) is 11.0. The zero-order valence-corrected chi connectivity index (χ0v) is 11.0.